The lowest BCUT2D eigenvalue weighted by molar-refractivity contribution is 0.0950. The van der Waals surface area contributed by atoms with Gasteiger partial charge in [-0.05, 0) is 35.9 Å². The normalized spacial score (nSPS) is 11.1. The molecule has 4 rings (SSSR count). The molecule has 0 saturated heterocycles. The van der Waals surface area contributed by atoms with Crippen LogP contribution in [0.1, 0.15) is 22.3 Å². The standard InChI is InChI=1S/C22H17F2N3O3/c1-29-18-6-5-13(10-19(18)30-2)17-12-27(21-15(17)4-3-8-26-21)22(28)16-11-25-9-7-14(16)20(23)24/h3-12,20H,1-2H3. The summed E-state index contributed by atoms with van der Waals surface area (Å²) < 4.78 is 38.7. The summed E-state index contributed by atoms with van der Waals surface area (Å²) in [6.45, 7) is 0. The van der Waals surface area contributed by atoms with Crippen molar-refractivity contribution in [2.75, 3.05) is 14.2 Å². The maximum atomic E-state index is 13.4. The molecule has 3 aromatic heterocycles. The van der Waals surface area contributed by atoms with Gasteiger partial charge in [-0.15, -0.1) is 0 Å². The minimum absolute atomic E-state index is 0.172. The molecule has 0 saturated carbocycles. The van der Waals surface area contributed by atoms with Gasteiger partial charge in [-0.3, -0.25) is 14.3 Å². The predicted octanol–water partition coefficient (Wildman–Crippen LogP) is 4.74. The number of carbonyl (C=O) groups excluding carboxylic acids is 1. The predicted molar refractivity (Wildman–Crippen MR) is 107 cm³/mol. The van der Waals surface area contributed by atoms with E-state index in [-0.39, 0.29) is 11.1 Å². The number of hydrogen-bond acceptors (Lipinski definition) is 5. The van der Waals surface area contributed by atoms with Crippen LogP contribution in [-0.4, -0.2) is 34.7 Å². The number of benzene rings is 1. The van der Waals surface area contributed by atoms with E-state index in [0.717, 1.165) is 17.8 Å². The molecule has 3 heterocycles. The van der Waals surface area contributed by atoms with Crippen molar-refractivity contribution in [2.24, 2.45) is 0 Å². The number of aromatic nitrogens is 3. The van der Waals surface area contributed by atoms with Crippen molar-refractivity contribution >= 4 is 16.9 Å². The molecule has 4 aromatic rings. The van der Waals surface area contributed by atoms with Gasteiger partial charge in [0.15, 0.2) is 11.5 Å². The highest BCUT2D eigenvalue weighted by molar-refractivity contribution is 6.06. The number of pyridine rings is 2. The third-order valence-electron chi connectivity index (χ3n) is 4.80. The molecular formula is C22H17F2N3O3. The Morgan fingerprint density at radius 3 is 2.60 bits per heavy atom. The zero-order valence-electron chi connectivity index (χ0n) is 16.2. The lowest BCUT2D eigenvalue weighted by atomic mass is 10.1. The molecule has 0 atom stereocenters. The first-order valence-corrected chi connectivity index (χ1v) is 9.00. The molecule has 0 amide bonds. The van der Waals surface area contributed by atoms with Crippen LogP contribution in [0.4, 0.5) is 8.78 Å². The monoisotopic (exact) mass is 409 g/mol. The van der Waals surface area contributed by atoms with Crippen molar-refractivity contribution in [3.63, 3.8) is 0 Å². The lowest BCUT2D eigenvalue weighted by Gasteiger charge is -2.09. The number of hydrogen-bond donors (Lipinski definition) is 0. The molecule has 0 N–H and O–H groups in total. The van der Waals surface area contributed by atoms with Gasteiger partial charge in [0.2, 0.25) is 0 Å². The van der Waals surface area contributed by atoms with Crippen LogP contribution in [0, 0.1) is 0 Å². The molecule has 0 aliphatic rings. The van der Waals surface area contributed by atoms with E-state index in [1.54, 1.807) is 37.7 Å². The van der Waals surface area contributed by atoms with E-state index in [1.807, 2.05) is 12.1 Å². The molecule has 0 unspecified atom stereocenters. The van der Waals surface area contributed by atoms with Gasteiger partial charge in [-0.25, -0.2) is 13.8 Å². The Morgan fingerprint density at radius 1 is 1.07 bits per heavy atom. The summed E-state index contributed by atoms with van der Waals surface area (Å²) in [6.07, 6.45) is 2.71. The first-order chi connectivity index (χ1) is 14.5. The van der Waals surface area contributed by atoms with Crippen LogP contribution >= 0.6 is 0 Å². The van der Waals surface area contributed by atoms with E-state index in [0.29, 0.717) is 28.1 Å². The number of fused-ring (bicyclic) bond motifs is 1. The summed E-state index contributed by atoms with van der Waals surface area (Å²) in [5, 5.41) is 0.695. The molecule has 0 spiro atoms. The number of ether oxygens (including phenoxy) is 2. The highest BCUT2D eigenvalue weighted by Crippen LogP contribution is 2.36. The van der Waals surface area contributed by atoms with Crippen molar-refractivity contribution in [3.05, 3.63) is 72.3 Å². The third kappa shape index (κ3) is 3.26. The third-order valence-corrected chi connectivity index (χ3v) is 4.80. The van der Waals surface area contributed by atoms with Gasteiger partial charge in [-0.2, -0.15) is 0 Å². The first kappa shape index (κ1) is 19.5. The fraction of sp³-hybridized carbons (Fsp3) is 0.136. The summed E-state index contributed by atoms with van der Waals surface area (Å²) in [5.74, 6) is 0.461. The summed E-state index contributed by atoms with van der Waals surface area (Å²) in [4.78, 5) is 21.3. The second-order valence-corrected chi connectivity index (χ2v) is 6.43. The maximum absolute atomic E-state index is 13.4. The number of methoxy groups -OCH3 is 2. The molecule has 6 nitrogen and oxygen atoms in total. The van der Waals surface area contributed by atoms with Crippen LogP contribution < -0.4 is 9.47 Å². The van der Waals surface area contributed by atoms with Crippen LogP contribution in [-0.2, 0) is 0 Å². The Kier molecular flexibility index (Phi) is 5.14. The van der Waals surface area contributed by atoms with Crippen LogP contribution in [0.15, 0.2) is 61.2 Å². The molecule has 0 aliphatic heterocycles. The van der Waals surface area contributed by atoms with E-state index in [9.17, 15) is 13.6 Å². The Labute approximate surface area is 170 Å². The van der Waals surface area contributed by atoms with Gasteiger partial charge in [-0.1, -0.05) is 6.07 Å². The molecule has 152 valence electrons. The molecular weight excluding hydrogens is 392 g/mol. The van der Waals surface area contributed by atoms with E-state index in [4.69, 9.17) is 9.47 Å². The minimum Gasteiger partial charge on any atom is -0.493 e. The summed E-state index contributed by atoms with van der Waals surface area (Å²) in [5.41, 5.74) is 1.28. The smallest absolute Gasteiger partial charge is 0.265 e. The fourth-order valence-corrected chi connectivity index (χ4v) is 3.35. The number of nitrogens with zero attached hydrogens (tertiary/aromatic N) is 3. The highest BCUT2D eigenvalue weighted by Gasteiger charge is 2.23. The number of rotatable bonds is 5. The van der Waals surface area contributed by atoms with Gasteiger partial charge in [0.05, 0.1) is 19.8 Å². The largest absolute Gasteiger partial charge is 0.493 e. The molecule has 1 aromatic carbocycles. The van der Waals surface area contributed by atoms with E-state index >= 15 is 0 Å². The second kappa shape index (κ2) is 7.90. The Balaban J connectivity index is 1.90. The van der Waals surface area contributed by atoms with E-state index in [2.05, 4.69) is 9.97 Å². The number of carbonyl (C=O) groups is 1. The van der Waals surface area contributed by atoms with Crippen molar-refractivity contribution in [2.45, 2.75) is 6.43 Å². The summed E-state index contributed by atoms with van der Waals surface area (Å²) in [6, 6.07) is 10.1. The van der Waals surface area contributed by atoms with Crippen molar-refractivity contribution in [3.8, 4) is 22.6 Å². The summed E-state index contributed by atoms with van der Waals surface area (Å²) in [7, 11) is 3.07. The molecule has 30 heavy (non-hydrogen) atoms. The Morgan fingerprint density at radius 2 is 1.87 bits per heavy atom. The van der Waals surface area contributed by atoms with Crippen LogP contribution in [0.5, 0.6) is 11.5 Å². The van der Waals surface area contributed by atoms with Gasteiger partial charge < -0.3 is 9.47 Å². The minimum atomic E-state index is -2.80. The van der Waals surface area contributed by atoms with Crippen molar-refractivity contribution in [1.82, 2.24) is 14.5 Å². The second-order valence-electron chi connectivity index (χ2n) is 6.43. The SMILES string of the molecule is COc1ccc(-c2cn(C(=O)c3cnccc3C(F)F)c3ncccc23)cc1OC. The van der Waals surface area contributed by atoms with Crippen molar-refractivity contribution < 1.29 is 23.0 Å². The van der Waals surface area contributed by atoms with Gasteiger partial charge in [0.25, 0.3) is 12.3 Å². The highest BCUT2D eigenvalue weighted by atomic mass is 19.3. The lowest BCUT2D eigenvalue weighted by Crippen LogP contribution is -2.14. The quantitative estimate of drug-likeness (QED) is 0.476. The Bertz CT molecular complexity index is 1240. The molecule has 0 bridgehead atoms. The van der Waals surface area contributed by atoms with Crippen LogP contribution in [0.25, 0.3) is 22.2 Å². The topological polar surface area (TPSA) is 66.2 Å². The number of halogens is 2. The zero-order chi connectivity index (χ0) is 21.3. The van der Waals surface area contributed by atoms with Gasteiger partial charge in [0, 0.05) is 41.3 Å². The first-order valence-electron chi connectivity index (χ1n) is 9.00. The van der Waals surface area contributed by atoms with E-state index in [1.165, 1.54) is 17.9 Å². The average Bonchev–Trinajstić information content (AvgIpc) is 3.17. The molecule has 0 radical (unpaired) electrons. The number of alkyl halides is 2. The van der Waals surface area contributed by atoms with Crippen molar-refractivity contribution in [1.29, 1.82) is 0 Å². The van der Waals surface area contributed by atoms with Crippen LogP contribution in [0.2, 0.25) is 0 Å². The maximum Gasteiger partial charge on any atom is 0.265 e. The van der Waals surface area contributed by atoms with Gasteiger partial charge >= 0.3 is 0 Å². The fourth-order valence-electron chi connectivity index (χ4n) is 3.35. The van der Waals surface area contributed by atoms with E-state index < -0.39 is 12.3 Å². The Hall–Kier alpha value is -3.81. The molecule has 0 aliphatic carbocycles. The zero-order valence-corrected chi connectivity index (χ0v) is 16.2. The molecule has 0 fully saturated rings. The van der Waals surface area contributed by atoms with Gasteiger partial charge in [0.1, 0.15) is 5.65 Å². The average molecular weight is 409 g/mol. The van der Waals surface area contributed by atoms with Crippen LogP contribution in [0.3, 0.4) is 0 Å². The summed E-state index contributed by atoms with van der Waals surface area (Å²) >= 11 is 0. The molecule has 8 heteroatoms.